The largest absolute Gasteiger partial charge is 0.310 e. The zero-order valence-corrected chi connectivity index (χ0v) is 12.4. The van der Waals surface area contributed by atoms with Crippen molar-refractivity contribution in [3.05, 3.63) is 35.9 Å². The summed E-state index contributed by atoms with van der Waals surface area (Å²) in [6, 6.07) is 2.95. The van der Waals surface area contributed by atoms with E-state index in [1.807, 2.05) is 24.1 Å². The van der Waals surface area contributed by atoms with Gasteiger partial charge in [-0.1, -0.05) is 13.8 Å². The molecule has 20 heavy (non-hydrogen) atoms. The quantitative estimate of drug-likeness (QED) is 0.908. The van der Waals surface area contributed by atoms with Crippen LogP contribution in [0.5, 0.6) is 0 Å². The molecule has 0 amide bonds. The van der Waals surface area contributed by atoms with E-state index in [-0.39, 0.29) is 0 Å². The van der Waals surface area contributed by atoms with E-state index in [4.69, 9.17) is 0 Å². The van der Waals surface area contributed by atoms with E-state index in [0.717, 1.165) is 23.8 Å². The summed E-state index contributed by atoms with van der Waals surface area (Å²) >= 11 is 0. The van der Waals surface area contributed by atoms with Crippen LogP contribution in [0.3, 0.4) is 0 Å². The lowest BCUT2D eigenvalue weighted by atomic mass is 10.0. The average molecular weight is 270 g/mol. The Morgan fingerprint density at radius 1 is 1.35 bits per heavy atom. The minimum atomic E-state index is 0.416. The fraction of sp³-hybridized carbons (Fsp3) is 0.500. The molecule has 106 valence electrons. The summed E-state index contributed by atoms with van der Waals surface area (Å²) in [4.78, 5) is 4.39. The number of hydrogen-bond donors (Lipinski definition) is 1. The van der Waals surface area contributed by atoms with Gasteiger partial charge >= 0.3 is 0 Å². The molecule has 0 bridgehead atoms. The Labute approximate surface area is 120 Å². The van der Waals surface area contributed by atoms with Gasteiger partial charge in [-0.05, 0) is 30.4 Å². The van der Waals surface area contributed by atoms with E-state index in [9.17, 15) is 0 Å². The van der Waals surface area contributed by atoms with Crippen molar-refractivity contribution in [2.75, 3.05) is 0 Å². The molecule has 0 aromatic carbocycles. The molecule has 0 spiro atoms. The fourth-order valence-corrected chi connectivity index (χ4v) is 2.44. The Bertz CT molecular complexity index is 596. The van der Waals surface area contributed by atoms with E-state index in [1.165, 1.54) is 24.0 Å². The van der Waals surface area contributed by atoms with Crippen molar-refractivity contribution in [2.24, 2.45) is 7.05 Å². The zero-order chi connectivity index (χ0) is 14.1. The molecule has 0 saturated heterocycles. The Hall–Kier alpha value is -1.68. The van der Waals surface area contributed by atoms with Gasteiger partial charge in [-0.15, -0.1) is 0 Å². The lowest BCUT2D eigenvalue weighted by Crippen LogP contribution is -2.15. The van der Waals surface area contributed by atoms with Crippen LogP contribution in [0, 0.1) is 0 Å². The lowest BCUT2D eigenvalue weighted by Gasteiger charge is -2.07. The highest BCUT2D eigenvalue weighted by atomic mass is 15.3. The van der Waals surface area contributed by atoms with Crippen LogP contribution in [0.4, 0.5) is 0 Å². The van der Waals surface area contributed by atoms with Gasteiger partial charge in [-0.3, -0.25) is 9.67 Å². The molecule has 3 rings (SSSR count). The first-order valence-electron chi connectivity index (χ1n) is 7.34. The van der Waals surface area contributed by atoms with Crippen molar-refractivity contribution >= 4 is 0 Å². The number of aromatic nitrogens is 3. The first-order valence-corrected chi connectivity index (χ1v) is 7.34. The van der Waals surface area contributed by atoms with Crippen LogP contribution >= 0.6 is 0 Å². The molecule has 2 heterocycles. The molecular weight excluding hydrogens is 248 g/mol. The molecule has 1 fully saturated rings. The highest BCUT2D eigenvalue weighted by Crippen LogP contribution is 2.28. The molecule has 4 nitrogen and oxygen atoms in total. The molecule has 0 atom stereocenters. The van der Waals surface area contributed by atoms with Crippen molar-refractivity contribution in [1.82, 2.24) is 20.1 Å². The van der Waals surface area contributed by atoms with Gasteiger partial charge in [0.15, 0.2) is 0 Å². The Kier molecular flexibility index (Phi) is 3.57. The Morgan fingerprint density at radius 2 is 2.15 bits per heavy atom. The fourth-order valence-electron chi connectivity index (χ4n) is 2.44. The van der Waals surface area contributed by atoms with Crippen LogP contribution < -0.4 is 5.32 Å². The Balaban J connectivity index is 1.87. The summed E-state index contributed by atoms with van der Waals surface area (Å²) < 4.78 is 1.89. The molecule has 4 heteroatoms. The topological polar surface area (TPSA) is 42.7 Å². The minimum absolute atomic E-state index is 0.416. The van der Waals surface area contributed by atoms with Crippen LogP contribution in [-0.2, 0) is 13.6 Å². The highest BCUT2D eigenvalue weighted by molar-refractivity contribution is 5.65. The first kappa shape index (κ1) is 13.3. The summed E-state index contributed by atoms with van der Waals surface area (Å²) in [6.07, 6.45) is 8.60. The van der Waals surface area contributed by atoms with Gasteiger partial charge in [0, 0.05) is 49.4 Å². The maximum Gasteiger partial charge on any atom is 0.0728 e. The zero-order valence-electron chi connectivity index (χ0n) is 12.4. The second-order valence-electron chi connectivity index (χ2n) is 5.99. The SMILES string of the molecule is CC(C)c1nn(C)cc1-c1cncc(CNC2CC2)c1. The predicted octanol–water partition coefficient (Wildman–Crippen LogP) is 2.86. The summed E-state index contributed by atoms with van der Waals surface area (Å²) in [5.74, 6) is 0.416. The van der Waals surface area contributed by atoms with Gasteiger partial charge in [0.05, 0.1) is 5.69 Å². The maximum atomic E-state index is 4.57. The normalized spacial score (nSPS) is 15.0. The van der Waals surface area contributed by atoms with Crippen LogP contribution in [-0.4, -0.2) is 20.8 Å². The average Bonchev–Trinajstić information content (AvgIpc) is 3.17. The molecule has 1 aliphatic carbocycles. The van der Waals surface area contributed by atoms with Gasteiger partial charge in [0.2, 0.25) is 0 Å². The molecular formula is C16H22N4. The van der Waals surface area contributed by atoms with E-state index in [0.29, 0.717) is 5.92 Å². The third-order valence-electron chi connectivity index (χ3n) is 3.68. The van der Waals surface area contributed by atoms with Gasteiger partial charge in [0.1, 0.15) is 0 Å². The van der Waals surface area contributed by atoms with Crippen molar-refractivity contribution in [2.45, 2.75) is 45.2 Å². The first-order chi connectivity index (χ1) is 9.63. The standard InChI is InChI=1S/C16H22N4/c1-11(2)16-15(10-20(3)19-16)13-6-12(7-17-9-13)8-18-14-4-5-14/h6-7,9-11,14,18H,4-5,8H2,1-3H3. The van der Waals surface area contributed by atoms with Gasteiger partial charge in [-0.2, -0.15) is 5.10 Å². The highest BCUT2D eigenvalue weighted by Gasteiger charge is 2.20. The Morgan fingerprint density at radius 3 is 2.85 bits per heavy atom. The molecule has 2 aromatic rings. The minimum Gasteiger partial charge on any atom is -0.310 e. The lowest BCUT2D eigenvalue weighted by molar-refractivity contribution is 0.686. The monoisotopic (exact) mass is 270 g/mol. The van der Waals surface area contributed by atoms with E-state index in [1.54, 1.807) is 0 Å². The molecule has 1 aliphatic rings. The second kappa shape index (κ2) is 5.37. The molecule has 0 radical (unpaired) electrons. The number of hydrogen-bond acceptors (Lipinski definition) is 3. The molecule has 2 aromatic heterocycles. The number of nitrogens with one attached hydrogen (secondary N) is 1. The third-order valence-corrected chi connectivity index (χ3v) is 3.68. The number of aryl methyl sites for hydroxylation is 1. The number of rotatable bonds is 5. The second-order valence-corrected chi connectivity index (χ2v) is 5.99. The number of pyridine rings is 1. The van der Waals surface area contributed by atoms with Crippen molar-refractivity contribution < 1.29 is 0 Å². The van der Waals surface area contributed by atoms with Gasteiger partial charge < -0.3 is 5.32 Å². The van der Waals surface area contributed by atoms with Gasteiger partial charge in [-0.25, -0.2) is 0 Å². The summed E-state index contributed by atoms with van der Waals surface area (Å²) in [6.45, 7) is 5.26. The van der Waals surface area contributed by atoms with Crippen LogP contribution in [0.15, 0.2) is 24.7 Å². The van der Waals surface area contributed by atoms with Crippen LogP contribution in [0.1, 0.15) is 43.9 Å². The van der Waals surface area contributed by atoms with Crippen molar-refractivity contribution in [3.8, 4) is 11.1 Å². The van der Waals surface area contributed by atoms with Crippen LogP contribution in [0.25, 0.3) is 11.1 Å². The third kappa shape index (κ3) is 2.90. The predicted molar refractivity (Wildman–Crippen MR) is 80.4 cm³/mol. The van der Waals surface area contributed by atoms with E-state index < -0.39 is 0 Å². The molecule has 0 aliphatic heterocycles. The molecule has 0 unspecified atom stereocenters. The van der Waals surface area contributed by atoms with Crippen molar-refractivity contribution in [3.63, 3.8) is 0 Å². The van der Waals surface area contributed by atoms with E-state index >= 15 is 0 Å². The van der Waals surface area contributed by atoms with E-state index in [2.05, 4.69) is 41.5 Å². The van der Waals surface area contributed by atoms with Crippen LogP contribution in [0.2, 0.25) is 0 Å². The molecule has 1 saturated carbocycles. The van der Waals surface area contributed by atoms with Crippen molar-refractivity contribution in [1.29, 1.82) is 0 Å². The van der Waals surface area contributed by atoms with Gasteiger partial charge in [0.25, 0.3) is 0 Å². The summed E-state index contributed by atoms with van der Waals surface area (Å²) in [7, 11) is 1.97. The summed E-state index contributed by atoms with van der Waals surface area (Å²) in [5, 5.41) is 8.11. The smallest absolute Gasteiger partial charge is 0.0728 e. The summed E-state index contributed by atoms with van der Waals surface area (Å²) in [5.41, 5.74) is 4.75. The molecule has 1 N–H and O–H groups in total. The number of nitrogens with zero attached hydrogens (tertiary/aromatic N) is 3. The maximum absolute atomic E-state index is 4.57.